The molecule has 0 aliphatic carbocycles. The van der Waals surface area contributed by atoms with Crippen molar-refractivity contribution in [3.05, 3.63) is 57.5 Å². The number of aromatic nitrogens is 1. The molecule has 3 aromatic heterocycles. The van der Waals surface area contributed by atoms with Crippen molar-refractivity contribution in [1.82, 2.24) is 10.3 Å². The first kappa shape index (κ1) is 15.2. The van der Waals surface area contributed by atoms with Crippen LogP contribution in [0, 0.1) is 6.92 Å². The van der Waals surface area contributed by atoms with Crippen molar-refractivity contribution in [3.63, 3.8) is 0 Å². The summed E-state index contributed by atoms with van der Waals surface area (Å²) in [5, 5.41) is 5.05. The van der Waals surface area contributed by atoms with Crippen molar-refractivity contribution in [2.24, 2.45) is 0 Å². The van der Waals surface area contributed by atoms with Gasteiger partial charge in [0.2, 0.25) is 11.8 Å². The molecule has 0 unspecified atom stereocenters. The molecule has 1 N–H and O–H groups in total. The van der Waals surface area contributed by atoms with Crippen molar-refractivity contribution >= 4 is 33.5 Å². The largest absolute Gasteiger partial charge is 0.465 e. The fraction of sp³-hybridized carbons (Fsp3) is 0.188. The first-order valence-corrected chi connectivity index (χ1v) is 7.83. The molecule has 7 heteroatoms. The van der Waals surface area contributed by atoms with Crippen LogP contribution in [-0.2, 0) is 4.79 Å². The number of aryl methyl sites for hydroxylation is 1. The van der Waals surface area contributed by atoms with E-state index in [1.807, 2.05) is 12.3 Å². The second-order valence-electron chi connectivity index (χ2n) is 5.02. The second kappa shape index (κ2) is 6.21. The fourth-order valence-electron chi connectivity index (χ4n) is 2.08. The zero-order valence-electron chi connectivity index (χ0n) is 12.5. The quantitative estimate of drug-likeness (QED) is 0.743. The molecule has 0 radical (unpaired) electrons. The Morgan fingerprint density at radius 1 is 1.48 bits per heavy atom. The molecular formula is C16H14N2O4S. The highest BCUT2D eigenvalue weighted by molar-refractivity contribution is 7.16. The molecule has 3 aromatic rings. The van der Waals surface area contributed by atoms with Crippen LogP contribution in [0.15, 0.2) is 43.5 Å². The Morgan fingerprint density at radius 2 is 2.30 bits per heavy atom. The molecule has 0 saturated carbocycles. The monoisotopic (exact) mass is 330 g/mol. The average molecular weight is 330 g/mol. The molecular weight excluding hydrogens is 316 g/mol. The van der Waals surface area contributed by atoms with E-state index in [0.29, 0.717) is 16.0 Å². The number of rotatable bonds is 4. The second-order valence-corrected chi connectivity index (χ2v) is 5.88. The van der Waals surface area contributed by atoms with Gasteiger partial charge in [-0.2, -0.15) is 0 Å². The fourth-order valence-corrected chi connectivity index (χ4v) is 2.99. The Kier molecular flexibility index (Phi) is 4.12. The Labute approximate surface area is 135 Å². The van der Waals surface area contributed by atoms with Gasteiger partial charge in [0, 0.05) is 6.08 Å². The summed E-state index contributed by atoms with van der Waals surface area (Å²) in [5.41, 5.74) is 0.409. The number of hydrogen-bond acceptors (Lipinski definition) is 6. The smallest absolute Gasteiger partial charge is 0.348 e. The van der Waals surface area contributed by atoms with E-state index in [0.717, 1.165) is 5.56 Å². The topological polar surface area (TPSA) is 85.3 Å². The lowest BCUT2D eigenvalue weighted by Crippen LogP contribution is -2.26. The highest BCUT2D eigenvalue weighted by atomic mass is 32.1. The van der Waals surface area contributed by atoms with Gasteiger partial charge in [0.1, 0.15) is 16.6 Å². The van der Waals surface area contributed by atoms with Crippen LogP contribution >= 0.6 is 11.3 Å². The van der Waals surface area contributed by atoms with Gasteiger partial charge in [-0.3, -0.25) is 4.79 Å². The first-order valence-electron chi connectivity index (χ1n) is 6.95. The van der Waals surface area contributed by atoms with Gasteiger partial charge in [-0.1, -0.05) is 0 Å². The third-order valence-electron chi connectivity index (χ3n) is 3.24. The van der Waals surface area contributed by atoms with E-state index in [4.69, 9.17) is 8.83 Å². The van der Waals surface area contributed by atoms with E-state index in [1.54, 1.807) is 25.1 Å². The minimum atomic E-state index is -0.525. The van der Waals surface area contributed by atoms with Crippen molar-refractivity contribution < 1.29 is 13.6 Å². The number of carbonyl (C=O) groups excluding carboxylic acids is 1. The molecule has 0 aromatic carbocycles. The molecule has 0 aliphatic heterocycles. The maximum atomic E-state index is 12.0. The van der Waals surface area contributed by atoms with Crippen molar-refractivity contribution in [3.8, 4) is 0 Å². The standard InChI is InChI=1S/C16H14N2O4S/c1-9-8-23-15-13(9)16(20)22-14(18-15)10(2)17-12(19)6-5-11-4-3-7-21-11/h3-8,10H,1-2H3,(H,17,19)/b6-5+/t10-/m0/s1. The predicted molar refractivity (Wildman–Crippen MR) is 87.2 cm³/mol. The number of nitrogens with zero attached hydrogens (tertiary/aromatic N) is 1. The van der Waals surface area contributed by atoms with Gasteiger partial charge < -0.3 is 14.2 Å². The van der Waals surface area contributed by atoms with Crippen molar-refractivity contribution in [2.45, 2.75) is 19.9 Å². The lowest BCUT2D eigenvalue weighted by molar-refractivity contribution is -0.117. The minimum absolute atomic E-state index is 0.184. The summed E-state index contributed by atoms with van der Waals surface area (Å²) >= 11 is 1.38. The zero-order chi connectivity index (χ0) is 16.4. The van der Waals surface area contributed by atoms with Crippen LogP contribution in [0.5, 0.6) is 0 Å². The molecule has 23 heavy (non-hydrogen) atoms. The molecule has 6 nitrogen and oxygen atoms in total. The summed E-state index contributed by atoms with van der Waals surface area (Å²) in [5.74, 6) is 0.429. The minimum Gasteiger partial charge on any atom is -0.465 e. The van der Waals surface area contributed by atoms with Gasteiger partial charge in [-0.15, -0.1) is 11.3 Å². The molecule has 0 aliphatic rings. The van der Waals surface area contributed by atoms with Gasteiger partial charge >= 0.3 is 5.63 Å². The number of thiophene rings is 1. The highest BCUT2D eigenvalue weighted by Crippen LogP contribution is 2.22. The number of nitrogens with one attached hydrogen (secondary N) is 1. The Balaban J connectivity index is 1.76. The molecule has 3 heterocycles. The lowest BCUT2D eigenvalue weighted by Gasteiger charge is -2.09. The van der Waals surface area contributed by atoms with E-state index >= 15 is 0 Å². The number of hydrogen-bond donors (Lipinski definition) is 1. The highest BCUT2D eigenvalue weighted by Gasteiger charge is 2.16. The van der Waals surface area contributed by atoms with Crippen molar-refractivity contribution in [1.29, 1.82) is 0 Å². The van der Waals surface area contributed by atoms with E-state index < -0.39 is 11.7 Å². The molecule has 0 bridgehead atoms. The lowest BCUT2D eigenvalue weighted by atomic mass is 10.2. The Hall–Kier alpha value is -2.67. The van der Waals surface area contributed by atoms with Gasteiger partial charge in [-0.05, 0) is 43.0 Å². The van der Waals surface area contributed by atoms with Gasteiger partial charge in [0.15, 0.2) is 0 Å². The third kappa shape index (κ3) is 3.24. The summed E-state index contributed by atoms with van der Waals surface area (Å²) in [6.45, 7) is 3.54. The van der Waals surface area contributed by atoms with Crippen LogP contribution in [0.4, 0.5) is 0 Å². The van der Waals surface area contributed by atoms with E-state index in [1.165, 1.54) is 23.7 Å². The van der Waals surface area contributed by atoms with Crippen LogP contribution in [-0.4, -0.2) is 10.9 Å². The summed E-state index contributed by atoms with van der Waals surface area (Å²) in [6, 6.07) is 2.95. The predicted octanol–water partition coefficient (Wildman–Crippen LogP) is 3.04. The first-order chi connectivity index (χ1) is 11.0. The molecule has 0 saturated heterocycles. The van der Waals surface area contributed by atoms with Crippen molar-refractivity contribution in [2.75, 3.05) is 0 Å². The zero-order valence-corrected chi connectivity index (χ0v) is 13.3. The van der Waals surface area contributed by atoms with Crippen LogP contribution in [0.3, 0.4) is 0 Å². The van der Waals surface area contributed by atoms with Gasteiger partial charge in [-0.25, -0.2) is 9.78 Å². The number of amides is 1. The maximum Gasteiger partial charge on any atom is 0.348 e. The van der Waals surface area contributed by atoms with Crippen LogP contribution in [0.25, 0.3) is 16.3 Å². The summed E-state index contributed by atoms with van der Waals surface area (Å²) < 4.78 is 10.3. The van der Waals surface area contributed by atoms with E-state index in [9.17, 15) is 9.59 Å². The summed E-state index contributed by atoms with van der Waals surface area (Å²) in [4.78, 5) is 28.8. The van der Waals surface area contributed by atoms with E-state index in [-0.39, 0.29) is 11.8 Å². The van der Waals surface area contributed by atoms with Gasteiger partial charge in [0.25, 0.3) is 0 Å². The normalized spacial score (nSPS) is 12.8. The number of furan rings is 1. The molecule has 1 amide bonds. The molecule has 118 valence electrons. The Bertz CT molecular complexity index is 921. The maximum absolute atomic E-state index is 12.0. The number of carbonyl (C=O) groups is 1. The summed E-state index contributed by atoms with van der Waals surface area (Å²) in [7, 11) is 0. The molecule has 3 rings (SSSR count). The Morgan fingerprint density at radius 3 is 3.04 bits per heavy atom. The third-order valence-corrected chi connectivity index (χ3v) is 4.23. The van der Waals surface area contributed by atoms with Gasteiger partial charge in [0.05, 0.1) is 11.6 Å². The van der Waals surface area contributed by atoms with E-state index in [2.05, 4.69) is 10.3 Å². The van der Waals surface area contributed by atoms with Crippen LogP contribution < -0.4 is 10.9 Å². The molecule has 0 fully saturated rings. The van der Waals surface area contributed by atoms with Crippen LogP contribution in [0.2, 0.25) is 0 Å². The average Bonchev–Trinajstić information content (AvgIpc) is 3.15. The SMILES string of the molecule is Cc1csc2nc([C@H](C)NC(=O)/C=C/c3ccco3)oc(=O)c12. The molecule has 1 atom stereocenters. The number of fused-ring (bicyclic) bond motifs is 1. The van der Waals surface area contributed by atoms with Crippen LogP contribution in [0.1, 0.15) is 30.2 Å². The molecule has 0 spiro atoms. The summed E-state index contributed by atoms with van der Waals surface area (Å²) in [6.07, 6.45) is 4.43.